The van der Waals surface area contributed by atoms with Crippen molar-refractivity contribution in [1.29, 1.82) is 0 Å². The molecule has 0 bridgehead atoms. The zero-order chi connectivity index (χ0) is 34.3. The van der Waals surface area contributed by atoms with Crippen molar-refractivity contribution in [2.24, 2.45) is 0 Å². The van der Waals surface area contributed by atoms with E-state index in [2.05, 4.69) is 131 Å². The van der Waals surface area contributed by atoms with Gasteiger partial charge in [-0.15, -0.1) is 0 Å². The van der Waals surface area contributed by atoms with Crippen molar-refractivity contribution in [2.75, 3.05) is 0 Å². The van der Waals surface area contributed by atoms with E-state index in [9.17, 15) is 0 Å². The summed E-state index contributed by atoms with van der Waals surface area (Å²) in [5.41, 5.74) is 10.2. The van der Waals surface area contributed by atoms with Crippen LogP contribution in [0.4, 0.5) is 0 Å². The SMILES string of the molecule is Cc1ccc2c3ccc(-c4nc(-c5ccccc5)nc(-n5c6ccccc6c6ccccc65)n4)cc3n(-c3ccc4oc5ccccc5c4c3)c2c1. The van der Waals surface area contributed by atoms with Crippen LogP contribution in [0, 0.1) is 6.92 Å². The lowest BCUT2D eigenvalue weighted by molar-refractivity contribution is 0.669. The molecule has 244 valence electrons. The Morgan fingerprint density at radius 2 is 1.00 bits per heavy atom. The fourth-order valence-electron chi connectivity index (χ4n) is 7.85. The van der Waals surface area contributed by atoms with Crippen LogP contribution in [-0.4, -0.2) is 24.1 Å². The van der Waals surface area contributed by atoms with Crippen LogP contribution in [0.3, 0.4) is 0 Å². The van der Waals surface area contributed by atoms with Gasteiger partial charge in [-0.2, -0.15) is 9.97 Å². The Kier molecular flexibility index (Phi) is 6.07. The summed E-state index contributed by atoms with van der Waals surface area (Å²) in [5, 5.41) is 6.86. The molecule has 0 atom stereocenters. The van der Waals surface area contributed by atoms with Gasteiger partial charge in [0.15, 0.2) is 11.6 Å². The molecule has 0 N–H and O–H groups in total. The van der Waals surface area contributed by atoms with Gasteiger partial charge in [0, 0.05) is 49.1 Å². The molecule has 7 aromatic carbocycles. The molecule has 0 fully saturated rings. The Labute approximate surface area is 297 Å². The molecular weight excluding hydrogens is 639 g/mol. The van der Waals surface area contributed by atoms with Crippen molar-refractivity contribution >= 4 is 65.6 Å². The van der Waals surface area contributed by atoms with Crippen molar-refractivity contribution in [3.63, 3.8) is 0 Å². The molecule has 0 saturated heterocycles. The highest BCUT2D eigenvalue weighted by Gasteiger charge is 2.20. The van der Waals surface area contributed by atoms with Crippen LogP contribution in [0.2, 0.25) is 0 Å². The van der Waals surface area contributed by atoms with E-state index in [0.717, 1.165) is 77.0 Å². The summed E-state index contributed by atoms with van der Waals surface area (Å²) in [6.45, 7) is 2.14. The van der Waals surface area contributed by atoms with Gasteiger partial charge in [-0.3, -0.25) is 4.57 Å². The second-order valence-corrected chi connectivity index (χ2v) is 13.4. The summed E-state index contributed by atoms with van der Waals surface area (Å²) >= 11 is 0. The Balaban J connectivity index is 1.18. The summed E-state index contributed by atoms with van der Waals surface area (Å²) in [4.78, 5) is 15.5. The van der Waals surface area contributed by atoms with Gasteiger partial charge in [-0.1, -0.05) is 109 Å². The number of hydrogen-bond donors (Lipinski definition) is 0. The van der Waals surface area contributed by atoms with E-state index < -0.39 is 0 Å². The number of hydrogen-bond acceptors (Lipinski definition) is 4. The number of aryl methyl sites for hydroxylation is 1. The molecule has 0 radical (unpaired) electrons. The number of benzene rings is 7. The molecule has 0 amide bonds. The minimum absolute atomic E-state index is 0.579. The zero-order valence-electron chi connectivity index (χ0n) is 28.2. The maximum Gasteiger partial charge on any atom is 0.238 e. The molecule has 0 unspecified atom stereocenters. The van der Waals surface area contributed by atoms with Gasteiger partial charge in [-0.05, 0) is 61.0 Å². The second-order valence-electron chi connectivity index (χ2n) is 13.4. The highest BCUT2D eigenvalue weighted by molar-refractivity contribution is 6.12. The Hall–Kier alpha value is -7.05. The molecule has 6 nitrogen and oxygen atoms in total. The molecule has 11 rings (SSSR count). The minimum atomic E-state index is 0.579. The highest BCUT2D eigenvalue weighted by Crippen LogP contribution is 2.38. The molecule has 52 heavy (non-hydrogen) atoms. The van der Waals surface area contributed by atoms with E-state index in [1.54, 1.807) is 0 Å². The van der Waals surface area contributed by atoms with E-state index >= 15 is 0 Å². The normalized spacial score (nSPS) is 11.9. The molecule has 0 aliphatic carbocycles. The maximum absolute atomic E-state index is 6.21. The monoisotopic (exact) mass is 667 g/mol. The number of furan rings is 1. The van der Waals surface area contributed by atoms with Gasteiger partial charge < -0.3 is 8.98 Å². The van der Waals surface area contributed by atoms with Crippen molar-refractivity contribution in [3.8, 4) is 34.4 Å². The van der Waals surface area contributed by atoms with Crippen LogP contribution in [0.15, 0.2) is 162 Å². The molecule has 0 saturated carbocycles. The Bertz CT molecular complexity index is 3150. The van der Waals surface area contributed by atoms with Crippen LogP contribution in [0.5, 0.6) is 0 Å². The van der Waals surface area contributed by atoms with Crippen molar-refractivity contribution in [2.45, 2.75) is 6.92 Å². The zero-order valence-corrected chi connectivity index (χ0v) is 28.2. The average molecular weight is 668 g/mol. The highest BCUT2D eigenvalue weighted by atomic mass is 16.3. The number of aromatic nitrogens is 5. The van der Waals surface area contributed by atoms with E-state index in [1.807, 2.05) is 42.5 Å². The van der Waals surface area contributed by atoms with E-state index in [1.165, 1.54) is 10.9 Å². The van der Waals surface area contributed by atoms with Gasteiger partial charge in [0.25, 0.3) is 0 Å². The van der Waals surface area contributed by atoms with Gasteiger partial charge in [0.2, 0.25) is 5.95 Å². The lowest BCUT2D eigenvalue weighted by Crippen LogP contribution is -2.06. The fraction of sp³-hybridized carbons (Fsp3) is 0.0217. The molecule has 4 heterocycles. The third-order valence-electron chi connectivity index (χ3n) is 10.2. The second kappa shape index (κ2) is 11.0. The quantitative estimate of drug-likeness (QED) is 0.187. The van der Waals surface area contributed by atoms with Crippen LogP contribution in [-0.2, 0) is 0 Å². The lowest BCUT2D eigenvalue weighted by Gasteiger charge is -2.12. The first-order chi connectivity index (χ1) is 25.7. The molecular formula is C46H29N5O. The average Bonchev–Trinajstić information content (AvgIpc) is 3.85. The van der Waals surface area contributed by atoms with Crippen molar-refractivity contribution in [3.05, 3.63) is 163 Å². The van der Waals surface area contributed by atoms with E-state index in [-0.39, 0.29) is 0 Å². The van der Waals surface area contributed by atoms with Gasteiger partial charge in [-0.25, -0.2) is 4.98 Å². The third kappa shape index (κ3) is 4.28. The predicted octanol–water partition coefficient (Wildman–Crippen LogP) is 11.6. The molecule has 0 spiro atoms. The van der Waals surface area contributed by atoms with Crippen molar-refractivity contribution < 1.29 is 4.42 Å². The summed E-state index contributed by atoms with van der Waals surface area (Å²) in [7, 11) is 0. The number of fused-ring (bicyclic) bond motifs is 9. The molecule has 0 aliphatic rings. The van der Waals surface area contributed by atoms with Gasteiger partial charge in [0.1, 0.15) is 11.2 Å². The smallest absolute Gasteiger partial charge is 0.238 e. The molecule has 4 aromatic heterocycles. The molecule has 11 aromatic rings. The standard InChI is InChI=1S/C46H29N5O/c1-28-19-22-34-35-23-20-30(26-41(35)50(40(34)25-28)31-21-24-43-37(27-31)36-15-7-10-18-42(36)52-43)45-47-44(29-11-3-2-4-12-29)48-46(49-45)51-38-16-8-5-13-32(38)33-14-6-9-17-39(33)51/h2-27H,1H3. The van der Waals surface area contributed by atoms with Crippen LogP contribution >= 0.6 is 0 Å². The van der Waals surface area contributed by atoms with E-state index in [0.29, 0.717) is 17.6 Å². The molecule has 6 heteroatoms. The number of para-hydroxylation sites is 3. The topological polar surface area (TPSA) is 61.7 Å². The maximum atomic E-state index is 6.21. The summed E-state index contributed by atoms with van der Waals surface area (Å²) in [6, 6.07) is 55.0. The summed E-state index contributed by atoms with van der Waals surface area (Å²) in [6.07, 6.45) is 0. The van der Waals surface area contributed by atoms with Crippen LogP contribution in [0.1, 0.15) is 5.56 Å². The molecule has 0 aliphatic heterocycles. The van der Waals surface area contributed by atoms with Crippen LogP contribution in [0.25, 0.3) is 100.0 Å². The summed E-state index contributed by atoms with van der Waals surface area (Å²) in [5.74, 6) is 1.81. The predicted molar refractivity (Wildman–Crippen MR) is 211 cm³/mol. The van der Waals surface area contributed by atoms with Gasteiger partial charge >= 0.3 is 0 Å². The summed E-state index contributed by atoms with van der Waals surface area (Å²) < 4.78 is 10.7. The third-order valence-corrected chi connectivity index (χ3v) is 10.2. The van der Waals surface area contributed by atoms with Crippen LogP contribution < -0.4 is 0 Å². The fourth-order valence-corrected chi connectivity index (χ4v) is 7.85. The minimum Gasteiger partial charge on any atom is -0.456 e. The largest absolute Gasteiger partial charge is 0.456 e. The number of rotatable bonds is 4. The van der Waals surface area contributed by atoms with Crippen molar-refractivity contribution in [1.82, 2.24) is 24.1 Å². The Morgan fingerprint density at radius 3 is 1.77 bits per heavy atom. The van der Waals surface area contributed by atoms with E-state index in [4.69, 9.17) is 19.4 Å². The first-order valence-corrected chi connectivity index (χ1v) is 17.4. The number of nitrogens with zero attached hydrogens (tertiary/aromatic N) is 5. The Morgan fingerprint density at radius 1 is 0.404 bits per heavy atom. The first-order valence-electron chi connectivity index (χ1n) is 17.4. The lowest BCUT2D eigenvalue weighted by atomic mass is 10.1. The van der Waals surface area contributed by atoms with Gasteiger partial charge in [0.05, 0.1) is 22.1 Å². The first kappa shape index (κ1) is 28.8.